The van der Waals surface area contributed by atoms with Gasteiger partial charge in [-0.2, -0.15) is 0 Å². The number of ether oxygens (including phenoxy) is 2. The maximum Gasteiger partial charge on any atom is 0.486 e. The highest BCUT2D eigenvalue weighted by atomic mass is 35.5. The van der Waals surface area contributed by atoms with Gasteiger partial charge in [0, 0.05) is 12.4 Å². The van der Waals surface area contributed by atoms with E-state index >= 15 is 0 Å². The van der Waals surface area contributed by atoms with Gasteiger partial charge in [0.2, 0.25) is 0 Å². The van der Waals surface area contributed by atoms with Crippen LogP contribution in [-0.2, 0) is 18.8 Å². The molecule has 0 N–H and O–H groups in total. The molecule has 0 amide bonds. The van der Waals surface area contributed by atoms with E-state index in [4.69, 9.17) is 20.9 Å². The number of hydrogen-bond acceptors (Lipinski definition) is 10. The molecule has 4 aromatic rings. The maximum absolute atomic E-state index is 11.3. The molecule has 0 aliphatic carbocycles. The lowest BCUT2D eigenvalue weighted by atomic mass is 9.90. The fraction of sp³-hybridized carbons (Fsp3) is 0.286. The highest BCUT2D eigenvalue weighted by Crippen LogP contribution is 2.36. The average molecular weight is 601 g/mol. The standard InChI is InChI=1S/C11H9NO2S.C9H6ClNO2S.C8H15BO2/c1-3-7-4-5-12-8-6-9(11(13)14-2)15-10(7)8;1-13-9(12)7-4-6-8(14-7)5(10)2-3-11-6;1-6-9-10-7(2,3)8(4,5)11-9/h3-6H,1H2,2H3;2-4H,1H3;6H,1H2,2-5H3. The summed E-state index contributed by atoms with van der Waals surface area (Å²) in [5.74, 6) is 0.994. The van der Waals surface area contributed by atoms with Gasteiger partial charge in [-0.1, -0.05) is 30.2 Å². The van der Waals surface area contributed by atoms with Crippen molar-refractivity contribution in [1.82, 2.24) is 9.97 Å². The number of carbonyl (C=O) groups is 2. The molecule has 1 aliphatic rings. The summed E-state index contributed by atoms with van der Waals surface area (Å²) >= 11 is 8.60. The molecule has 0 unspecified atom stereocenters. The summed E-state index contributed by atoms with van der Waals surface area (Å²) in [6.07, 6.45) is 5.06. The van der Waals surface area contributed by atoms with E-state index in [9.17, 15) is 9.59 Å². The Kier molecular flexibility index (Phi) is 10.3. The van der Waals surface area contributed by atoms with Gasteiger partial charge in [-0.25, -0.2) is 9.59 Å². The van der Waals surface area contributed by atoms with E-state index < -0.39 is 0 Å². The molecule has 5 heterocycles. The lowest BCUT2D eigenvalue weighted by Crippen LogP contribution is -2.41. The van der Waals surface area contributed by atoms with Crippen LogP contribution in [0.3, 0.4) is 0 Å². The molecule has 5 rings (SSSR count). The van der Waals surface area contributed by atoms with Gasteiger partial charge in [0.05, 0.1) is 50.9 Å². The molecule has 210 valence electrons. The van der Waals surface area contributed by atoms with Gasteiger partial charge in [-0.15, -0.1) is 29.3 Å². The predicted molar refractivity (Wildman–Crippen MR) is 163 cm³/mol. The lowest BCUT2D eigenvalue weighted by molar-refractivity contribution is 0.00578. The SMILES string of the molecule is C=CB1OC(C)(C)C(C)(C)O1.C=Cc1ccnc2cc(C(=O)OC)sc12.COC(=O)c1cc2nccc(Cl)c2s1. The van der Waals surface area contributed by atoms with Crippen LogP contribution in [0.5, 0.6) is 0 Å². The Balaban J connectivity index is 0.000000168. The summed E-state index contributed by atoms with van der Waals surface area (Å²) < 4.78 is 22.2. The van der Waals surface area contributed by atoms with Gasteiger partial charge in [-0.3, -0.25) is 9.97 Å². The number of carbonyl (C=O) groups excluding carboxylic acids is 2. The topological polar surface area (TPSA) is 96.8 Å². The van der Waals surface area contributed by atoms with Gasteiger partial charge in [-0.05, 0) is 57.5 Å². The first-order valence-electron chi connectivity index (χ1n) is 12.1. The normalized spacial score (nSPS) is 14.9. The third kappa shape index (κ3) is 6.97. The zero-order chi connectivity index (χ0) is 29.7. The van der Waals surface area contributed by atoms with Crippen LogP contribution < -0.4 is 0 Å². The molecule has 0 spiro atoms. The minimum atomic E-state index is -0.357. The van der Waals surface area contributed by atoms with Crippen molar-refractivity contribution in [3.63, 3.8) is 0 Å². The molecular formula is C28H30BClN2O6S2. The van der Waals surface area contributed by atoms with E-state index in [2.05, 4.69) is 32.6 Å². The first kappa shape index (κ1) is 31.4. The summed E-state index contributed by atoms with van der Waals surface area (Å²) in [4.78, 5) is 31.9. The second-order valence-corrected chi connectivity index (χ2v) is 11.9. The first-order chi connectivity index (χ1) is 18.9. The molecule has 0 aromatic carbocycles. The Hall–Kier alpha value is -3.09. The molecule has 0 atom stereocenters. The average Bonchev–Trinajstić information content (AvgIpc) is 3.62. The largest absolute Gasteiger partial charge is 0.486 e. The third-order valence-electron chi connectivity index (χ3n) is 6.26. The smallest absolute Gasteiger partial charge is 0.465 e. The Bertz CT molecular complexity index is 1530. The molecule has 1 fully saturated rings. The maximum atomic E-state index is 11.3. The second kappa shape index (κ2) is 13.1. The molecule has 0 radical (unpaired) electrons. The van der Waals surface area contributed by atoms with Crippen molar-refractivity contribution in [2.24, 2.45) is 0 Å². The fourth-order valence-electron chi connectivity index (χ4n) is 3.41. The van der Waals surface area contributed by atoms with E-state index in [0.717, 1.165) is 26.0 Å². The first-order valence-corrected chi connectivity index (χ1v) is 14.1. The number of nitrogens with zero attached hydrogens (tertiary/aromatic N) is 2. The highest BCUT2D eigenvalue weighted by molar-refractivity contribution is 7.21. The number of rotatable bonds is 4. The zero-order valence-corrected chi connectivity index (χ0v) is 25.5. The van der Waals surface area contributed by atoms with Gasteiger partial charge in [0.15, 0.2) is 0 Å². The van der Waals surface area contributed by atoms with Crippen LogP contribution in [0.15, 0.2) is 55.8 Å². The van der Waals surface area contributed by atoms with Gasteiger partial charge in [0.25, 0.3) is 0 Å². The molecule has 4 aromatic heterocycles. The Labute approximate surface area is 246 Å². The lowest BCUT2D eigenvalue weighted by Gasteiger charge is -2.32. The van der Waals surface area contributed by atoms with Crippen LogP contribution in [0.25, 0.3) is 26.5 Å². The number of esters is 2. The number of fused-ring (bicyclic) bond motifs is 2. The van der Waals surface area contributed by atoms with E-state index in [1.807, 2.05) is 33.8 Å². The second-order valence-electron chi connectivity index (χ2n) is 9.39. The molecule has 0 saturated carbocycles. The summed E-state index contributed by atoms with van der Waals surface area (Å²) in [7, 11) is 2.47. The Morgan fingerprint density at radius 1 is 0.900 bits per heavy atom. The van der Waals surface area contributed by atoms with E-state index in [0.29, 0.717) is 14.8 Å². The number of aromatic nitrogens is 2. The summed E-state index contributed by atoms with van der Waals surface area (Å²) in [6, 6.07) is 6.98. The number of thiophene rings is 2. The van der Waals surface area contributed by atoms with Crippen molar-refractivity contribution >= 4 is 79.8 Å². The third-order valence-corrected chi connectivity index (χ3v) is 8.98. The van der Waals surface area contributed by atoms with Crippen molar-refractivity contribution in [1.29, 1.82) is 0 Å². The fourth-order valence-corrected chi connectivity index (χ4v) is 5.66. The van der Waals surface area contributed by atoms with Crippen LogP contribution in [0.1, 0.15) is 52.6 Å². The number of hydrogen-bond donors (Lipinski definition) is 0. The minimum absolute atomic E-state index is 0.230. The predicted octanol–water partition coefficient (Wildman–Crippen LogP) is 7.27. The van der Waals surface area contributed by atoms with Gasteiger partial charge in [0.1, 0.15) is 9.75 Å². The molecule has 0 bridgehead atoms. The van der Waals surface area contributed by atoms with E-state index in [1.165, 1.54) is 36.9 Å². The van der Waals surface area contributed by atoms with Gasteiger partial charge >= 0.3 is 19.1 Å². The number of halogens is 1. The van der Waals surface area contributed by atoms with Crippen molar-refractivity contribution < 1.29 is 28.4 Å². The van der Waals surface area contributed by atoms with Crippen molar-refractivity contribution in [3.8, 4) is 0 Å². The van der Waals surface area contributed by atoms with Crippen molar-refractivity contribution in [3.05, 3.63) is 76.1 Å². The van der Waals surface area contributed by atoms with Crippen LogP contribution in [0.2, 0.25) is 5.02 Å². The van der Waals surface area contributed by atoms with Crippen LogP contribution in [0, 0.1) is 0 Å². The number of pyridine rings is 2. The quantitative estimate of drug-likeness (QED) is 0.178. The number of methoxy groups -OCH3 is 2. The Morgan fingerprint density at radius 2 is 1.38 bits per heavy atom. The van der Waals surface area contributed by atoms with E-state index in [1.54, 1.807) is 42.6 Å². The van der Waals surface area contributed by atoms with Crippen LogP contribution >= 0.6 is 34.3 Å². The molecule has 40 heavy (non-hydrogen) atoms. The monoisotopic (exact) mass is 600 g/mol. The van der Waals surface area contributed by atoms with Gasteiger partial charge < -0.3 is 18.8 Å². The van der Waals surface area contributed by atoms with Crippen molar-refractivity contribution in [2.75, 3.05) is 14.2 Å². The molecule has 12 heteroatoms. The molecule has 1 saturated heterocycles. The molecular weight excluding hydrogens is 571 g/mol. The summed E-state index contributed by atoms with van der Waals surface area (Å²) in [6.45, 7) is 15.4. The summed E-state index contributed by atoms with van der Waals surface area (Å²) in [5.41, 5.74) is 2.05. The molecule has 1 aliphatic heterocycles. The zero-order valence-electron chi connectivity index (χ0n) is 23.1. The van der Waals surface area contributed by atoms with E-state index in [-0.39, 0.29) is 30.3 Å². The summed E-state index contributed by atoms with van der Waals surface area (Å²) in [5, 5.41) is 0.607. The van der Waals surface area contributed by atoms with Crippen molar-refractivity contribution in [2.45, 2.75) is 38.9 Å². The Morgan fingerprint density at radius 3 is 1.80 bits per heavy atom. The van der Waals surface area contributed by atoms with Crippen LogP contribution in [0.4, 0.5) is 0 Å². The molecule has 8 nitrogen and oxygen atoms in total. The van der Waals surface area contributed by atoms with Crippen LogP contribution in [-0.4, -0.2) is 54.4 Å². The minimum Gasteiger partial charge on any atom is -0.465 e. The highest BCUT2D eigenvalue weighted by Gasteiger charge is 2.49.